The fourth-order valence-corrected chi connectivity index (χ4v) is 2.16. The predicted molar refractivity (Wildman–Crippen MR) is 94.4 cm³/mol. The Bertz CT molecular complexity index is 674. The van der Waals surface area contributed by atoms with Crippen LogP contribution in [-0.2, 0) is 0 Å². The molecule has 0 aliphatic rings. The van der Waals surface area contributed by atoms with Gasteiger partial charge in [-0.15, -0.1) is 0 Å². The molecule has 1 aromatic heterocycles. The second-order valence-electron chi connectivity index (χ2n) is 5.45. The van der Waals surface area contributed by atoms with Crippen LogP contribution in [0, 0.1) is 5.92 Å². The largest absolute Gasteiger partial charge is 0.369 e. The molecular weight excluding hydrogens is 335 g/mol. The van der Waals surface area contributed by atoms with Crippen LogP contribution in [0.5, 0.6) is 0 Å². The monoisotopic (exact) mass is 352 g/mol. The van der Waals surface area contributed by atoms with Gasteiger partial charge in [0, 0.05) is 6.54 Å². The molecule has 1 aromatic carbocycles. The van der Waals surface area contributed by atoms with Crippen LogP contribution < -0.4 is 10.6 Å². The van der Waals surface area contributed by atoms with Gasteiger partial charge in [0.25, 0.3) is 5.91 Å². The maximum Gasteiger partial charge on any atom is 0.275 e. The molecule has 0 saturated carbocycles. The van der Waals surface area contributed by atoms with Gasteiger partial charge in [-0.1, -0.05) is 43.1 Å². The van der Waals surface area contributed by atoms with Gasteiger partial charge in [0.2, 0.25) is 0 Å². The van der Waals surface area contributed by atoms with Gasteiger partial charge in [0.05, 0.1) is 28.1 Å². The first kappa shape index (κ1) is 17.5. The first-order valence-corrected chi connectivity index (χ1v) is 8.04. The standard InChI is InChI=1S/C16H18Cl2N4O/c1-10(2)6-7-19-14-9-20-13(8-21-14)16(23)22-12-5-3-4-11(17)15(12)18/h3-5,8-10H,6-7H2,1-2H3,(H,19,21)(H,22,23). The maximum absolute atomic E-state index is 12.2. The van der Waals surface area contributed by atoms with Crippen molar-refractivity contribution in [1.82, 2.24) is 9.97 Å². The number of benzene rings is 1. The molecule has 122 valence electrons. The van der Waals surface area contributed by atoms with Crippen molar-refractivity contribution in [1.29, 1.82) is 0 Å². The molecule has 2 rings (SSSR count). The van der Waals surface area contributed by atoms with E-state index in [1.54, 1.807) is 18.2 Å². The summed E-state index contributed by atoms with van der Waals surface area (Å²) in [6.07, 6.45) is 4.00. The molecule has 1 heterocycles. The number of anilines is 2. The first-order valence-electron chi connectivity index (χ1n) is 7.28. The highest BCUT2D eigenvalue weighted by Crippen LogP contribution is 2.29. The molecule has 2 N–H and O–H groups in total. The van der Waals surface area contributed by atoms with Gasteiger partial charge in [0.15, 0.2) is 0 Å². The molecule has 0 unspecified atom stereocenters. The number of amides is 1. The predicted octanol–water partition coefficient (Wildman–Crippen LogP) is 4.49. The Morgan fingerprint density at radius 2 is 2.00 bits per heavy atom. The van der Waals surface area contributed by atoms with Crippen molar-refractivity contribution < 1.29 is 4.79 Å². The van der Waals surface area contributed by atoms with Gasteiger partial charge >= 0.3 is 0 Å². The topological polar surface area (TPSA) is 66.9 Å². The zero-order valence-electron chi connectivity index (χ0n) is 12.9. The van der Waals surface area contributed by atoms with E-state index in [0.29, 0.717) is 27.5 Å². The lowest BCUT2D eigenvalue weighted by Gasteiger charge is -2.09. The molecule has 0 atom stereocenters. The molecule has 7 heteroatoms. The third-order valence-electron chi connectivity index (χ3n) is 3.11. The average Bonchev–Trinajstić information content (AvgIpc) is 2.52. The lowest BCUT2D eigenvalue weighted by molar-refractivity contribution is 0.102. The summed E-state index contributed by atoms with van der Waals surface area (Å²) in [5, 5.41) is 6.50. The first-order chi connectivity index (χ1) is 11.0. The van der Waals surface area contributed by atoms with Crippen LogP contribution in [0.4, 0.5) is 11.5 Å². The molecule has 0 radical (unpaired) electrons. The molecule has 5 nitrogen and oxygen atoms in total. The second-order valence-corrected chi connectivity index (χ2v) is 6.24. The third kappa shape index (κ3) is 5.08. The number of rotatable bonds is 6. The number of nitrogens with zero attached hydrogens (tertiary/aromatic N) is 2. The maximum atomic E-state index is 12.2. The molecular formula is C16H18Cl2N4O. The van der Waals surface area contributed by atoms with Crippen LogP contribution in [0.15, 0.2) is 30.6 Å². The Labute approximate surface area is 145 Å². The van der Waals surface area contributed by atoms with Gasteiger partial charge in [0.1, 0.15) is 11.5 Å². The molecule has 1 amide bonds. The summed E-state index contributed by atoms with van der Waals surface area (Å²) in [4.78, 5) is 20.5. The molecule has 0 spiro atoms. The van der Waals surface area contributed by atoms with Crippen molar-refractivity contribution in [3.8, 4) is 0 Å². The van der Waals surface area contributed by atoms with E-state index in [4.69, 9.17) is 23.2 Å². The Hall–Kier alpha value is -1.85. The Kier molecular flexibility index (Phi) is 6.19. The smallest absolute Gasteiger partial charge is 0.275 e. The van der Waals surface area contributed by atoms with E-state index in [1.807, 2.05) is 0 Å². The number of hydrogen-bond acceptors (Lipinski definition) is 4. The van der Waals surface area contributed by atoms with E-state index < -0.39 is 5.91 Å². The number of hydrogen-bond donors (Lipinski definition) is 2. The Morgan fingerprint density at radius 3 is 2.65 bits per heavy atom. The highest BCUT2D eigenvalue weighted by atomic mass is 35.5. The number of halogens is 2. The molecule has 2 aromatic rings. The van der Waals surface area contributed by atoms with E-state index in [9.17, 15) is 4.79 Å². The zero-order valence-corrected chi connectivity index (χ0v) is 14.4. The minimum Gasteiger partial charge on any atom is -0.369 e. The average molecular weight is 353 g/mol. The normalized spacial score (nSPS) is 10.7. The van der Waals surface area contributed by atoms with Crippen molar-refractivity contribution in [3.63, 3.8) is 0 Å². The quantitative estimate of drug-likeness (QED) is 0.803. The van der Waals surface area contributed by atoms with Gasteiger partial charge in [-0.05, 0) is 24.5 Å². The molecule has 0 bridgehead atoms. The van der Waals surface area contributed by atoms with E-state index in [2.05, 4.69) is 34.4 Å². The molecule has 0 saturated heterocycles. The summed E-state index contributed by atoms with van der Waals surface area (Å²) in [5.41, 5.74) is 0.639. The van der Waals surface area contributed by atoms with Crippen LogP contribution in [-0.4, -0.2) is 22.4 Å². The van der Waals surface area contributed by atoms with Crippen molar-refractivity contribution in [3.05, 3.63) is 46.3 Å². The lowest BCUT2D eigenvalue weighted by atomic mass is 10.1. The van der Waals surface area contributed by atoms with Gasteiger partial charge < -0.3 is 10.6 Å². The number of carbonyl (C=O) groups excluding carboxylic acids is 1. The van der Waals surface area contributed by atoms with Crippen molar-refractivity contribution >= 4 is 40.6 Å². The van der Waals surface area contributed by atoms with E-state index in [1.165, 1.54) is 12.4 Å². The fourth-order valence-electron chi connectivity index (χ4n) is 1.81. The lowest BCUT2D eigenvalue weighted by Crippen LogP contribution is -2.15. The van der Waals surface area contributed by atoms with Crippen LogP contribution in [0.1, 0.15) is 30.8 Å². The van der Waals surface area contributed by atoms with E-state index in [-0.39, 0.29) is 5.69 Å². The fraction of sp³-hybridized carbons (Fsp3) is 0.312. The van der Waals surface area contributed by atoms with Gasteiger partial charge in [-0.3, -0.25) is 4.79 Å². The SMILES string of the molecule is CC(C)CCNc1cnc(C(=O)Nc2cccc(Cl)c2Cl)cn1. The minimum absolute atomic E-state index is 0.204. The molecule has 0 aliphatic heterocycles. The van der Waals surface area contributed by atoms with Crippen molar-refractivity contribution in [2.75, 3.05) is 17.2 Å². The summed E-state index contributed by atoms with van der Waals surface area (Å²) in [6.45, 7) is 5.12. The number of carbonyl (C=O) groups is 1. The third-order valence-corrected chi connectivity index (χ3v) is 3.93. The van der Waals surface area contributed by atoms with Crippen molar-refractivity contribution in [2.24, 2.45) is 5.92 Å². The Balaban J connectivity index is 1.98. The summed E-state index contributed by atoms with van der Waals surface area (Å²) in [6, 6.07) is 5.02. The van der Waals surface area contributed by atoms with Crippen LogP contribution in [0.3, 0.4) is 0 Å². The van der Waals surface area contributed by atoms with E-state index >= 15 is 0 Å². The zero-order chi connectivity index (χ0) is 16.8. The molecule has 23 heavy (non-hydrogen) atoms. The van der Waals surface area contributed by atoms with Crippen LogP contribution in [0.25, 0.3) is 0 Å². The summed E-state index contributed by atoms with van der Waals surface area (Å²) < 4.78 is 0. The van der Waals surface area contributed by atoms with Crippen LogP contribution in [0.2, 0.25) is 10.0 Å². The van der Waals surface area contributed by atoms with E-state index in [0.717, 1.165) is 13.0 Å². The van der Waals surface area contributed by atoms with Gasteiger partial charge in [-0.2, -0.15) is 0 Å². The van der Waals surface area contributed by atoms with Gasteiger partial charge in [-0.25, -0.2) is 9.97 Å². The molecule has 0 aliphatic carbocycles. The summed E-state index contributed by atoms with van der Waals surface area (Å²) >= 11 is 12.0. The minimum atomic E-state index is -0.393. The Morgan fingerprint density at radius 1 is 1.22 bits per heavy atom. The highest BCUT2D eigenvalue weighted by Gasteiger charge is 2.12. The number of nitrogens with one attached hydrogen (secondary N) is 2. The van der Waals surface area contributed by atoms with Crippen LogP contribution >= 0.6 is 23.2 Å². The number of aromatic nitrogens is 2. The summed E-state index contributed by atoms with van der Waals surface area (Å²) in [5.74, 6) is 0.862. The summed E-state index contributed by atoms with van der Waals surface area (Å²) in [7, 11) is 0. The van der Waals surface area contributed by atoms with Crippen molar-refractivity contribution in [2.45, 2.75) is 20.3 Å². The second kappa shape index (κ2) is 8.13. The molecule has 0 fully saturated rings. The highest BCUT2D eigenvalue weighted by molar-refractivity contribution is 6.44.